The number of carbonyl (C=O) groups is 1. The molecule has 3 N–H and O–H groups in total. The Morgan fingerprint density at radius 2 is 1.84 bits per heavy atom. The Hall–Kier alpha value is -2.64. The van der Waals surface area contributed by atoms with Crippen molar-refractivity contribution in [3.8, 4) is 0 Å². The molecule has 2 aromatic carbocycles. The van der Waals surface area contributed by atoms with Crippen molar-refractivity contribution < 1.29 is 13.2 Å². The smallest absolute Gasteiger partial charge is 0.272 e. The van der Waals surface area contributed by atoms with Crippen LogP contribution in [0.1, 0.15) is 23.3 Å². The largest absolute Gasteiger partial charge is 0.351 e. The lowest BCUT2D eigenvalue weighted by molar-refractivity contribution is 0.102. The highest BCUT2D eigenvalue weighted by atomic mass is 32.2. The van der Waals surface area contributed by atoms with Gasteiger partial charge in [-0.25, -0.2) is 13.1 Å². The van der Waals surface area contributed by atoms with Crippen LogP contribution in [-0.4, -0.2) is 25.4 Å². The number of rotatable bonds is 5. The van der Waals surface area contributed by atoms with Crippen LogP contribution in [0.5, 0.6) is 0 Å². The monoisotopic (exact) mass is 355 g/mol. The number of aromatic nitrogens is 1. The summed E-state index contributed by atoms with van der Waals surface area (Å²) in [6, 6.07) is 15.7. The van der Waals surface area contributed by atoms with Crippen LogP contribution in [0.4, 0.5) is 5.69 Å². The molecule has 1 aliphatic carbocycles. The third-order valence-corrected chi connectivity index (χ3v) is 5.59. The molecule has 3 aromatic rings. The van der Waals surface area contributed by atoms with Crippen molar-refractivity contribution in [2.24, 2.45) is 0 Å². The van der Waals surface area contributed by atoms with Gasteiger partial charge in [0.1, 0.15) is 5.69 Å². The van der Waals surface area contributed by atoms with Crippen molar-refractivity contribution in [2.75, 3.05) is 5.32 Å². The molecule has 1 aliphatic rings. The molecule has 0 bridgehead atoms. The van der Waals surface area contributed by atoms with Crippen molar-refractivity contribution in [1.82, 2.24) is 9.71 Å². The number of amides is 1. The molecule has 0 aliphatic heterocycles. The Morgan fingerprint density at radius 3 is 2.60 bits per heavy atom. The summed E-state index contributed by atoms with van der Waals surface area (Å²) in [6.45, 7) is 0. The van der Waals surface area contributed by atoms with Crippen LogP contribution in [0.25, 0.3) is 10.9 Å². The SMILES string of the molecule is O=C(Nc1cccc(S(=O)(=O)NC2CC2)c1)c1cc2ccccc2[nH]1. The molecule has 1 aromatic heterocycles. The van der Waals surface area contributed by atoms with E-state index in [0.29, 0.717) is 11.4 Å². The third-order valence-electron chi connectivity index (χ3n) is 4.08. The Bertz CT molecular complexity index is 1020. The van der Waals surface area contributed by atoms with Gasteiger partial charge < -0.3 is 10.3 Å². The number of anilines is 1. The van der Waals surface area contributed by atoms with E-state index in [-0.39, 0.29) is 16.8 Å². The van der Waals surface area contributed by atoms with Gasteiger partial charge in [0.05, 0.1) is 4.90 Å². The van der Waals surface area contributed by atoms with Crippen LogP contribution in [0.3, 0.4) is 0 Å². The van der Waals surface area contributed by atoms with Crippen molar-refractivity contribution >= 4 is 32.5 Å². The second kappa shape index (κ2) is 6.02. The lowest BCUT2D eigenvalue weighted by Crippen LogP contribution is -2.25. The van der Waals surface area contributed by atoms with E-state index in [1.165, 1.54) is 12.1 Å². The van der Waals surface area contributed by atoms with Crippen molar-refractivity contribution in [3.05, 3.63) is 60.3 Å². The average Bonchev–Trinajstić information content (AvgIpc) is 3.28. The number of hydrogen-bond donors (Lipinski definition) is 3. The maximum absolute atomic E-state index is 12.4. The maximum Gasteiger partial charge on any atom is 0.272 e. The molecule has 1 fully saturated rings. The van der Waals surface area contributed by atoms with E-state index in [0.717, 1.165) is 23.7 Å². The zero-order valence-electron chi connectivity index (χ0n) is 13.3. The van der Waals surface area contributed by atoms with E-state index < -0.39 is 10.0 Å². The Morgan fingerprint density at radius 1 is 1.04 bits per heavy atom. The first-order valence-electron chi connectivity index (χ1n) is 8.03. The quantitative estimate of drug-likeness (QED) is 0.657. The molecular formula is C18H17N3O3S. The normalized spacial score (nSPS) is 14.6. The van der Waals surface area contributed by atoms with Gasteiger partial charge in [0.2, 0.25) is 10.0 Å². The highest BCUT2D eigenvalue weighted by molar-refractivity contribution is 7.89. The standard InChI is InChI=1S/C18H17N3O3S/c22-18(17-10-12-4-1-2-7-16(12)20-17)19-14-5-3-6-15(11-14)25(23,24)21-13-8-9-13/h1-7,10-11,13,20-21H,8-9H2,(H,19,22). The molecule has 0 radical (unpaired) electrons. The number of sulfonamides is 1. The second-order valence-corrected chi connectivity index (χ2v) is 7.86. The number of benzene rings is 2. The lowest BCUT2D eigenvalue weighted by atomic mass is 10.2. The first-order chi connectivity index (χ1) is 12.0. The number of aromatic amines is 1. The van der Waals surface area contributed by atoms with Gasteiger partial charge >= 0.3 is 0 Å². The van der Waals surface area contributed by atoms with E-state index >= 15 is 0 Å². The Kier molecular flexibility index (Phi) is 3.82. The molecule has 0 saturated heterocycles. The average molecular weight is 355 g/mol. The van der Waals surface area contributed by atoms with Crippen LogP contribution < -0.4 is 10.0 Å². The summed E-state index contributed by atoms with van der Waals surface area (Å²) < 4.78 is 27.2. The summed E-state index contributed by atoms with van der Waals surface area (Å²) in [4.78, 5) is 15.6. The van der Waals surface area contributed by atoms with E-state index in [2.05, 4.69) is 15.0 Å². The fraction of sp³-hybridized carbons (Fsp3) is 0.167. The number of H-pyrrole nitrogens is 1. The second-order valence-electron chi connectivity index (χ2n) is 6.15. The number of hydrogen-bond acceptors (Lipinski definition) is 3. The molecule has 1 heterocycles. The summed E-state index contributed by atoms with van der Waals surface area (Å²) >= 11 is 0. The molecule has 7 heteroatoms. The van der Waals surface area contributed by atoms with Gasteiger partial charge in [0, 0.05) is 22.6 Å². The fourth-order valence-electron chi connectivity index (χ4n) is 2.62. The predicted molar refractivity (Wildman–Crippen MR) is 96.0 cm³/mol. The maximum atomic E-state index is 12.4. The van der Waals surface area contributed by atoms with Crippen LogP contribution in [0.15, 0.2) is 59.5 Å². The highest BCUT2D eigenvalue weighted by Crippen LogP contribution is 2.23. The molecule has 0 atom stereocenters. The van der Waals surface area contributed by atoms with Crippen LogP contribution in [-0.2, 0) is 10.0 Å². The van der Waals surface area contributed by atoms with Gasteiger partial charge in [-0.2, -0.15) is 0 Å². The molecular weight excluding hydrogens is 338 g/mol. The number of para-hydroxylation sites is 1. The minimum atomic E-state index is -3.55. The summed E-state index contributed by atoms with van der Waals surface area (Å²) in [7, 11) is -3.55. The lowest BCUT2D eigenvalue weighted by Gasteiger charge is -2.08. The van der Waals surface area contributed by atoms with Crippen molar-refractivity contribution in [3.63, 3.8) is 0 Å². The summed E-state index contributed by atoms with van der Waals surface area (Å²) in [5.41, 5.74) is 1.73. The molecule has 1 saturated carbocycles. The van der Waals surface area contributed by atoms with Crippen molar-refractivity contribution in [2.45, 2.75) is 23.8 Å². The first-order valence-corrected chi connectivity index (χ1v) is 9.51. The molecule has 0 unspecified atom stereocenters. The number of carbonyl (C=O) groups excluding carboxylic acids is 1. The van der Waals surface area contributed by atoms with Gasteiger partial charge in [-0.1, -0.05) is 24.3 Å². The van der Waals surface area contributed by atoms with Crippen LogP contribution >= 0.6 is 0 Å². The molecule has 4 rings (SSSR count). The van der Waals surface area contributed by atoms with Gasteiger partial charge in [-0.15, -0.1) is 0 Å². The molecule has 0 spiro atoms. The summed E-state index contributed by atoms with van der Waals surface area (Å²) in [5, 5.41) is 3.68. The minimum Gasteiger partial charge on any atom is -0.351 e. The molecule has 128 valence electrons. The number of fused-ring (bicyclic) bond motifs is 1. The highest BCUT2D eigenvalue weighted by Gasteiger charge is 2.28. The zero-order chi connectivity index (χ0) is 17.4. The van der Waals surface area contributed by atoms with Gasteiger partial charge in [-0.3, -0.25) is 4.79 Å². The zero-order valence-corrected chi connectivity index (χ0v) is 14.1. The Balaban J connectivity index is 1.55. The topological polar surface area (TPSA) is 91.1 Å². The van der Waals surface area contributed by atoms with Crippen molar-refractivity contribution in [1.29, 1.82) is 0 Å². The Labute approximate surface area is 145 Å². The van der Waals surface area contributed by atoms with E-state index in [1.54, 1.807) is 18.2 Å². The van der Waals surface area contributed by atoms with Crippen LogP contribution in [0, 0.1) is 0 Å². The minimum absolute atomic E-state index is 0.0367. The fourth-order valence-corrected chi connectivity index (χ4v) is 3.97. The molecule has 1 amide bonds. The van der Waals surface area contributed by atoms with Gasteiger partial charge in [0.15, 0.2) is 0 Å². The van der Waals surface area contributed by atoms with Gasteiger partial charge in [-0.05, 0) is 43.2 Å². The van der Waals surface area contributed by atoms with Gasteiger partial charge in [0.25, 0.3) is 5.91 Å². The first kappa shape index (κ1) is 15.9. The predicted octanol–water partition coefficient (Wildman–Crippen LogP) is 2.86. The van der Waals surface area contributed by atoms with E-state index in [9.17, 15) is 13.2 Å². The number of nitrogens with one attached hydrogen (secondary N) is 3. The van der Waals surface area contributed by atoms with E-state index in [4.69, 9.17) is 0 Å². The summed E-state index contributed by atoms with van der Waals surface area (Å²) in [6.07, 6.45) is 1.74. The van der Waals surface area contributed by atoms with E-state index in [1.807, 2.05) is 24.3 Å². The van der Waals surface area contributed by atoms with Crippen LogP contribution in [0.2, 0.25) is 0 Å². The summed E-state index contributed by atoms with van der Waals surface area (Å²) in [5.74, 6) is -0.319. The molecule has 25 heavy (non-hydrogen) atoms. The third kappa shape index (κ3) is 3.42. The molecule has 6 nitrogen and oxygen atoms in total.